The number of halogens is 1. The van der Waals surface area contributed by atoms with Crippen LogP contribution in [0.1, 0.15) is 55.3 Å². The molecule has 0 spiro atoms. The van der Waals surface area contributed by atoms with Crippen molar-refractivity contribution in [2.24, 2.45) is 5.92 Å². The van der Waals surface area contributed by atoms with Crippen molar-refractivity contribution in [2.45, 2.75) is 49.7 Å². The number of methoxy groups -OCH3 is 2. The number of nitrogens with zero attached hydrogens (tertiary/aromatic N) is 3. The van der Waals surface area contributed by atoms with Crippen LogP contribution in [0.3, 0.4) is 0 Å². The molecule has 6 rings (SSSR count). The molecule has 0 aliphatic carbocycles. The van der Waals surface area contributed by atoms with Gasteiger partial charge in [0.05, 0.1) is 37.0 Å². The molecule has 2 atom stereocenters. The average Bonchev–Trinajstić information content (AvgIpc) is 3.80. The molecule has 1 unspecified atom stereocenters. The molecular formula is C34H37ClN4O6S. The van der Waals surface area contributed by atoms with E-state index in [4.69, 9.17) is 25.5 Å². The monoisotopic (exact) mass is 664 g/mol. The van der Waals surface area contributed by atoms with Crippen molar-refractivity contribution in [1.82, 2.24) is 15.2 Å². The topological polar surface area (TPSA) is 114 Å². The Kier molecular flexibility index (Phi) is 8.86. The summed E-state index contributed by atoms with van der Waals surface area (Å²) in [5, 5.41) is 3.81. The largest absolute Gasteiger partial charge is 0.497 e. The van der Waals surface area contributed by atoms with Gasteiger partial charge in [-0.3, -0.25) is 9.69 Å². The molecule has 46 heavy (non-hydrogen) atoms. The normalized spacial score (nSPS) is 20.0. The van der Waals surface area contributed by atoms with E-state index >= 15 is 4.79 Å². The average molecular weight is 665 g/mol. The Bertz CT molecular complexity index is 1830. The van der Waals surface area contributed by atoms with Gasteiger partial charge in [-0.15, -0.1) is 0 Å². The van der Waals surface area contributed by atoms with E-state index in [-0.39, 0.29) is 10.6 Å². The minimum Gasteiger partial charge on any atom is -0.497 e. The number of rotatable bonds is 11. The number of oxazole rings is 1. The van der Waals surface area contributed by atoms with E-state index < -0.39 is 27.5 Å². The van der Waals surface area contributed by atoms with Gasteiger partial charge >= 0.3 is 0 Å². The maximum Gasteiger partial charge on any atom is 0.271 e. The number of hydrogen-bond acceptors (Lipinski definition) is 9. The molecule has 1 saturated heterocycles. The lowest BCUT2D eigenvalue weighted by atomic mass is 9.80. The lowest BCUT2D eigenvalue weighted by molar-refractivity contribution is -0.127. The predicted molar refractivity (Wildman–Crippen MR) is 175 cm³/mol. The van der Waals surface area contributed by atoms with Gasteiger partial charge in [-0.05, 0) is 79.4 Å². The number of ether oxygens (including phenoxy) is 2. The van der Waals surface area contributed by atoms with Crippen LogP contribution in [0.15, 0.2) is 82.4 Å². The Hall–Kier alpha value is -3.90. The summed E-state index contributed by atoms with van der Waals surface area (Å²) in [5.74, 6) is 1.20. The van der Waals surface area contributed by atoms with E-state index in [1.54, 1.807) is 43.6 Å². The fraction of sp³-hybridized carbons (Fsp3) is 0.353. The molecule has 1 aromatic heterocycles. The predicted octanol–water partition coefficient (Wildman–Crippen LogP) is 5.91. The zero-order chi connectivity index (χ0) is 32.6. The molecule has 1 N–H and O–H groups in total. The van der Waals surface area contributed by atoms with Gasteiger partial charge in [-0.2, -0.15) is 0 Å². The fourth-order valence-corrected chi connectivity index (χ4v) is 8.24. The first-order chi connectivity index (χ1) is 22.1. The highest BCUT2D eigenvalue weighted by atomic mass is 35.5. The number of carbonyl (C=O) groups excluding carboxylic acids is 1. The fourth-order valence-electron chi connectivity index (χ4n) is 6.60. The van der Waals surface area contributed by atoms with Gasteiger partial charge < -0.3 is 19.2 Å². The van der Waals surface area contributed by atoms with Gasteiger partial charge in [0, 0.05) is 29.2 Å². The first-order valence-electron chi connectivity index (χ1n) is 15.2. The number of hydrogen-bond donors (Lipinski definition) is 1. The summed E-state index contributed by atoms with van der Waals surface area (Å²) in [6.07, 6.45) is 4.44. The molecule has 0 radical (unpaired) electrons. The van der Waals surface area contributed by atoms with E-state index in [9.17, 15) is 8.42 Å². The summed E-state index contributed by atoms with van der Waals surface area (Å²) >= 11 is 6.64. The number of benzene rings is 3. The number of amides is 1. The molecule has 3 heterocycles. The van der Waals surface area contributed by atoms with Crippen molar-refractivity contribution >= 4 is 33.2 Å². The molecule has 12 heteroatoms. The maximum absolute atomic E-state index is 15.4. The first-order valence-corrected chi connectivity index (χ1v) is 17.0. The molecule has 10 nitrogen and oxygen atoms in total. The second-order valence-electron chi connectivity index (χ2n) is 11.9. The van der Waals surface area contributed by atoms with Crippen LogP contribution in [-0.2, 0) is 26.9 Å². The molecule has 2 aliphatic rings. The van der Waals surface area contributed by atoms with E-state index in [1.807, 2.05) is 23.1 Å². The van der Waals surface area contributed by atoms with Crippen LogP contribution in [0.5, 0.6) is 11.5 Å². The van der Waals surface area contributed by atoms with E-state index in [0.29, 0.717) is 59.0 Å². The quantitative estimate of drug-likeness (QED) is 0.209. The van der Waals surface area contributed by atoms with Crippen LogP contribution in [0.25, 0.3) is 0 Å². The highest BCUT2D eigenvalue weighted by Gasteiger charge is 2.62. The van der Waals surface area contributed by atoms with Crippen LogP contribution >= 0.6 is 11.6 Å². The number of fused-ring (bicyclic) bond motifs is 1. The third-order valence-corrected chi connectivity index (χ3v) is 10.6. The summed E-state index contributed by atoms with van der Waals surface area (Å²) in [6, 6.07) is 16.1. The Morgan fingerprint density at radius 3 is 2.52 bits per heavy atom. The van der Waals surface area contributed by atoms with Crippen LogP contribution in [0, 0.1) is 5.92 Å². The zero-order valence-corrected chi connectivity index (χ0v) is 27.8. The van der Waals surface area contributed by atoms with Gasteiger partial charge in [-0.25, -0.2) is 17.7 Å². The minimum absolute atomic E-state index is 0.0532. The molecule has 242 valence electrons. The van der Waals surface area contributed by atoms with Gasteiger partial charge in [0.25, 0.3) is 15.9 Å². The van der Waals surface area contributed by atoms with Crippen LogP contribution in [0.4, 0.5) is 5.69 Å². The van der Waals surface area contributed by atoms with Gasteiger partial charge in [-0.1, -0.05) is 37.6 Å². The third-order valence-electron chi connectivity index (χ3n) is 8.62. The number of nitrogens with one attached hydrogen (secondary N) is 1. The van der Waals surface area contributed by atoms with Gasteiger partial charge in [0.1, 0.15) is 17.8 Å². The number of sulfonamides is 1. The lowest BCUT2D eigenvalue weighted by Gasteiger charge is -2.41. The highest BCUT2D eigenvalue weighted by molar-refractivity contribution is 7.93. The molecule has 2 aliphatic heterocycles. The van der Waals surface area contributed by atoms with Crippen molar-refractivity contribution in [3.63, 3.8) is 0 Å². The summed E-state index contributed by atoms with van der Waals surface area (Å²) < 4.78 is 46.9. The Balaban J connectivity index is 1.59. The molecular weight excluding hydrogens is 628 g/mol. The van der Waals surface area contributed by atoms with Gasteiger partial charge in [0.15, 0.2) is 5.54 Å². The number of aromatic nitrogens is 1. The van der Waals surface area contributed by atoms with Crippen molar-refractivity contribution in [1.29, 1.82) is 0 Å². The summed E-state index contributed by atoms with van der Waals surface area (Å²) in [7, 11) is -1.34. The highest BCUT2D eigenvalue weighted by Crippen LogP contribution is 2.56. The van der Waals surface area contributed by atoms with E-state index in [1.165, 1.54) is 25.5 Å². The van der Waals surface area contributed by atoms with Crippen molar-refractivity contribution in [2.75, 3.05) is 31.6 Å². The number of anilines is 1. The van der Waals surface area contributed by atoms with Crippen molar-refractivity contribution < 1.29 is 27.1 Å². The molecule has 4 aromatic rings. The van der Waals surface area contributed by atoms with Gasteiger partial charge in [0.2, 0.25) is 5.89 Å². The minimum atomic E-state index is -4.40. The number of carbonyl (C=O) groups is 1. The van der Waals surface area contributed by atoms with E-state index in [2.05, 4.69) is 24.1 Å². The van der Waals surface area contributed by atoms with Crippen molar-refractivity contribution in [3.8, 4) is 11.5 Å². The van der Waals surface area contributed by atoms with Crippen LogP contribution in [0.2, 0.25) is 5.02 Å². The van der Waals surface area contributed by atoms with Crippen molar-refractivity contribution in [3.05, 3.63) is 101 Å². The number of likely N-dealkylation sites (tertiary alicyclic amines) is 1. The summed E-state index contributed by atoms with van der Waals surface area (Å²) in [4.78, 5) is 21.8. The molecule has 1 amide bonds. The molecule has 0 saturated carbocycles. The first kappa shape index (κ1) is 32.1. The second kappa shape index (κ2) is 12.7. The Labute approximate surface area is 274 Å². The molecule has 1 fully saturated rings. The molecule has 3 aromatic carbocycles. The summed E-state index contributed by atoms with van der Waals surface area (Å²) in [5.41, 5.74) is 0.464. The third kappa shape index (κ3) is 5.34. The van der Waals surface area contributed by atoms with E-state index in [0.717, 1.165) is 22.8 Å². The zero-order valence-electron chi connectivity index (χ0n) is 26.2. The second-order valence-corrected chi connectivity index (χ2v) is 14.1. The van der Waals surface area contributed by atoms with Crippen LogP contribution < -0.4 is 19.1 Å². The van der Waals surface area contributed by atoms with Crippen LogP contribution in [-0.4, -0.2) is 51.5 Å². The lowest BCUT2D eigenvalue weighted by Crippen LogP contribution is -2.54. The SMILES string of the molecule is COc1ccc(S(=O)(=O)N2C(=O)C(c3ccc(CNCC(C)C)cc3OC)(N3CCC[C@H]3c3ncco3)c3cc(Cl)ccc32)cc1. The maximum atomic E-state index is 15.4. The standard InChI is InChI=1S/C34H37ClN4O6S/c1-22(2)20-36-21-23-7-13-27(31(18-23)44-4)34(38-16-5-6-30(38)32-37-15-17-45-32)28-19-24(35)8-14-29(28)39(33(34)40)46(41,42)26-11-9-25(43-3)10-12-26/h7-15,17-19,22,30,36H,5-6,16,20-21H2,1-4H3/t30-,34?/m0/s1. The summed E-state index contributed by atoms with van der Waals surface area (Å²) in [6.45, 7) is 6.17. The Morgan fingerprint density at radius 1 is 1.07 bits per heavy atom. The smallest absolute Gasteiger partial charge is 0.271 e. The Morgan fingerprint density at radius 2 is 1.85 bits per heavy atom. The molecule has 0 bridgehead atoms.